The molecule has 3 nitrogen and oxygen atoms in total. The van der Waals surface area contributed by atoms with E-state index >= 15 is 0 Å². The van der Waals surface area contributed by atoms with Gasteiger partial charge in [-0.15, -0.1) is 13.2 Å². The first-order valence-electron chi connectivity index (χ1n) is 3.39. The number of hydrogen-bond acceptors (Lipinski definition) is 3. The van der Waals surface area contributed by atoms with Gasteiger partial charge in [0.2, 0.25) is 0 Å². The smallest absolute Gasteiger partial charge is 0.183 e. The molecule has 0 aliphatic carbocycles. The van der Waals surface area contributed by atoms with Crippen molar-refractivity contribution in [3.8, 4) is 6.19 Å². The highest BCUT2D eigenvalue weighted by Gasteiger charge is 1.94. The molecule has 12 heavy (non-hydrogen) atoms. The lowest BCUT2D eigenvalue weighted by Gasteiger charge is -1.98. The maximum absolute atomic E-state index is 8.33. The second-order valence-electron chi connectivity index (χ2n) is 1.77. The van der Waals surface area contributed by atoms with Gasteiger partial charge in [-0.25, -0.2) is 0 Å². The number of thioether (sulfide) groups is 1. The molecule has 0 bridgehead atoms. The summed E-state index contributed by atoms with van der Waals surface area (Å²) in [5, 5.41) is 11.4. The third-order valence-electron chi connectivity index (χ3n) is 0.865. The fourth-order valence-corrected chi connectivity index (χ4v) is 1.01. The molecular formula is C8H11N3S. The molecule has 1 N–H and O–H groups in total. The summed E-state index contributed by atoms with van der Waals surface area (Å²) in [6, 6.07) is 0. The van der Waals surface area contributed by atoms with Crippen LogP contribution in [0.4, 0.5) is 0 Å². The Morgan fingerprint density at radius 1 is 1.58 bits per heavy atom. The molecule has 0 atom stereocenters. The quantitative estimate of drug-likeness (QED) is 0.235. The van der Waals surface area contributed by atoms with Crippen molar-refractivity contribution in [1.29, 1.82) is 5.26 Å². The molecule has 0 aliphatic rings. The average molecular weight is 181 g/mol. The Labute approximate surface area is 76.9 Å². The zero-order chi connectivity index (χ0) is 9.23. The Hall–Kier alpha value is -1.21. The lowest BCUT2D eigenvalue weighted by molar-refractivity contribution is 1.20. The van der Waals surface area contributed by atoms with Gasteiger partial charge in [0, 0.05) is 5.75 Å². The van der Waals surface area contributed by atoms with Crippen molar-refractivity contribution in [2.45, 2.75) is 0 Å². The van der Waals surface area contributed by atoms with E-state index in [1.165, 1.54) is 11.8 Å². The molecule has 0 amide bonds. The molecule has 0 radical (unpaired) electrons. The van der Waals surface area contributed by atoms with Crippen molar-refractivity contribution in [2.24, 2.45) is 4.99 Å². The Morgan fingerprint density at radius 3 is 2.83 bits per heavy atom. The average Bonchev–Trinajstić information content (AvgIpc) is 2.10. The lowest BCUT2D eigenvalue weighted by Crippen LogP contribution is -2.14. The van der Waals surface area contributed by atoms with Gasteiger partial charge >= 0.3 is 0 Å². The predicted octanol–water partition coefficient (Wildman–Crippen LogP) is 1.52. The van der Waals surface area contributed by atoms with Gasteiger partial charge in [-0.2, -0.15) is 5.26 Å². The maximum atomic E-state index is 8.33. The van der Waals surface area contributed by atoms with Gasteiger partial charge in [0.05, 0.1) is 6.54 Å². The minimum atomic E-state index is 0.522. The van der Waals surface area contributed by atoms with Crippen LogP contribution < -0.4 is 5.32 Å². The zero-order valence-corrected chi connectivity index (χ0v) is 7.60. The Morgan fingerprint density at radius 2 is 2.33 bits per heavy atom. The molecule has 4 heteroatoms. The number of rotatable bonds is 4. The zero-order valence-electron chi connectivity index (χ0n) is 6.79. The van der Waals surface area contributed by atoms with E-state index in [1.54, 1.807) is 12.2 Å². The van der Waals surface area contributed by atoms with Crippen LogP contribution in [-0.2, 0) is 0 Å². The minimum Gasteiger partial charge on any atom is -0.272 e. The Bertz CT molecular complexity index is 215. The van der Waals surface area contributed by atoms with Gasteiger partial charge in [0.1, 0.15) is 0 Å². The molecule has 0 heterocycles. The van der Waals surface area contributed by atoms with Crippen LogP contribution in [0.15, 0.2) is 30.3 Å². The summed E-state index contributed by atoms with van der Waals surface area (Å²) in [7, 11) is 0. The number of aliphatic imine (C=N–C) groups is 1. The van der Waals surface area contributed by atoms with Gasteiger partial charge in [0.25, 0.3) is 0 Å². The van der Waals surface area contributed by atoms with Gasteiger partial charge < -0.3 is 0 Å². The van der Waals surface area contributed by atoms with E-state index in [9.17, 15) is 0 Å². The highest BCUT2D eigenvalue weighted by atomic mass is 32.2. The summed E-state index contributed by atoms with van der Waals surface area (Å²) in [6.45, 7) is 7.61. The summed E-state index contributed by atoms with van der Waals surface area (Å²) >= 11 is 1.44. The molecule has 0 aromatic heterocycles. The SMILES string of the molecule is C=CCN=C(NC#N)SCC=C. The van der Waals surface area contributed by atoms with Crippen molar-refractivity contribution < 1.29 is 0 Å². The first-order valence-corrected chi connectivity index (χ1v) is 4.37. The van der Waals surface area contributed by atoms with Crippen molar-refractivity contribution in [1.82, 2.24) is 5.32 Å². The first kappa shape index (κ1) is 10.8. The molecule has 0 spiro atoms. The van der Waals surface area contributed by atoms with Crippen LogP contribution in [0, 0.1) is 11.5 Å². The van der Waals surface area contributed by atoms with E-state index < -0.39 is 0 Å². The first-order chi connectivity index (χ1) is 5.85. The number of nitriles is 1. The maximum Gasteiger partial charge on any atom is 0.183 e. The van der Waals surface area contributed by atoms with E-state index in [1.807, 2.05) is 6.19 Å². The van der Waals surface area contributed by atoms with Gasteiger partial charge in [-0.05, 0) is 0 Å². The molecule has 0 fully saturated rings. The van der Waals surface area contributed by atoms with Crippen molar-refractivity contribution in [3.63, 3.8) is 0 Å². The van der Waals surface area contributed by atoms with E-state index in [0.717, 1.165) is 5.75 Å². The predicted molar refractivity (Wildman–Crippen MR) is 53.9 cm³/mol. The van der Waals surface area contributed by atoms with E-state index in [2.05, 4.69) is 23.5 Å². The van der Waals surface area contributed by atoms with E-state index in [0.29, 0.717) is 11.7 Å². The molecule has 0 aromatic carbocycles. The monoisotopic (exact) mass is 181 g/mol. The van der Waals surface area contributed by atoms with Crippen LogP contribution in [0.1, 0.15) is 0 Å². The summed E-state index contributed by atoms with van der Waals surface area (Å²) in [5.41, 5.74) is 0. The molecule has 0 saturated carbocycles. The van der Waals surface area contributed by atoms with Crippen LogP contribution in [0.25, 0.3) is 0 Å². The van der Waals surface area contributed by atoms with Crippen LogP contribution >= 0.6 is 11.8 Å². The summed E-state index contributed by atoms with van der Waals surface area (Å²) in [4.78, 5) is 4.05. The van der Waals surface area contributed by atoms with Crippen molar-refractivity contribution >= 4 is 16.9 Å². The van der Waals surface area contributed by atoms with Gasteiger partial charge in [0.15, 0.2) is 11.4 Å². The normalized spacial score (nSPS) is 10.1. The minimum absolute atomic E-state index is 0.522. The third-order valence-corrected chi connectivity index (χ3v) is 1.77. The van der Waals surface area contributed by atoms with Crippen molar-refractivity contribution in [2.75, 3.05) is 12.3 Å². The standard InChI is InChI=1S/C8H11N3S/c1-3-5-10-8(11-7-9)12-6-4-2/h3-4H,1-2,5-6H2,(H,10,11). The summed E-state index contributed by atoms with van der Waals surface area (Å²) in [6.07, 6.45) is 5.25. The van der Waals surface area contributed by atoms with Crippen LogP contribution in [0.2, 0.25) is 0 Å². The number of amidine groups is 1. The molecule has 0 saturated heterocycles. The van der Waals surface area contributed by atoms with Crippen LogP contribution in [0.5, 0.6) is 0 Å². The molecule has 0 unspecified atom stereocenters. The second kappa shape index (κ2) is 7.89. The highest BCUT2D eigenvalue weighted by molar-refractivity contribution is 8.13. The van der Waals surface area contributed by atoms with Crippen molar-refractivity contribution in [3.05, 3.63) is 25.3 Å². The third kappa shape index (κ3) is 5.57. The highest BCUT2D eigenvalue weighted by Crippen LogP contribution is 2.01. The van der Waals surface area contributed by atoms with E-state index in [-0.39, 0.29) is 0 Å². The Kier molecular flexibility index (Phi) is 7.10. The topological polar surface area (TPSA) is 48.2 Å². The fraction of sp³-hybridized carbons (Fsp3) is 0.250. The molecule has 0 aliphatic heterocycles. The fourth-order valence-electron chi connectivity index (χ4n) is 0.454. The largest absolute Gasteiger partial charge is 0.272 e. The number of nitrogens with zero attached hydrogens (tertiary/aromatic N) is 2. The Balaban J connectivity index is 3.93. The van der Waals surface area contributed by atoms with Gasteiger partial charge in [-0.1, -0.05) is 23.9 Å². The number of nitrogens with one attached hydrogen (secondary N) is 1. The molecule has 0 rings (SSSR count). The van der Waals surface area contributed by atoms with E-state index in [4.69, 9.17) is 5.26 Å². The van der Waals surface area contributed by atoms with Crippen LogP contribution in [0.3, 0.4) is 0 Å². The lowest BCUT2D eigenvalue weighted by atomic mass is 10.7. The van der Waals surface area contributed by atoms with Crippen LogP contribution in [-0.4, -0.2) is 17.5 Å². The second-order valence-corrected chi connectivity index (χ2v) is 2.78. The molecule has 0 aromatic rings. The molecular weight excluding hydrogens is 170 g/mol. The molecule has 64 valence electrons. The van der Waals surface area contributed by atoms with Gasteiger partial charge in [-0.3, -0.25) is 10.3 Å². The number of hydrogen-bond donors (Lipinski definition) is 1. The summed E-state index contributed by atoms with van der Waals surface area (Å²) < 4.78 is 0. The summed E-state index contributed by atoms with van der Waals surface area (Å²) in [5.74, 6) is 0.741.